The predicted octanol–water partition coefficient (Wildman–Crippen LogP) is 5.39. The zero-order chi connectivity index (χ0) is 23.3. The number of aromatic nitrogens is 3. The molecule has 0 radical (unpaired) electrons. The van der Waals surface area contributed by atoms with Crippen LogP contribution >= 0.6 is 0 Å². The molecule has 0 amide bonds. The molecule has 0 spiro atoms. The monoisotopic (exact) mass is 453 g/mol. The van der Waals surface area contributed by atoms with Gasteiger partial charge in [-0.2, -0.15) is 0 Å². The second kappa shape index (κ2) is 9.93. The molecule has 0 saturated carbocycles. The van der Waals surface area contributed by atoms with Crippen molar-refractivity contribution in [2.24, 2.45) is 0 Å². The maximum absolute atomic E-state index is 6.04. The number of methoxy groups -OCH3 is 2. The van der Waals surface area contributed by atoms with Crippen molar-refractivity contribution in [3.63, 3.8) is 0 Å². The van der Waals surface area contributed by atoms with E-state index >= 15 is 0 Å². The summed E-state index contributed by atoms with van der Waals surface area (Å²) in [6.07, 6.45) is 1.66. The Morgan fingerprint density at radius 3 is 2.44 bits per heavy atom. The average Bonchev–Trinajstić information content (AvgIpc) is 3.27. The molecule has 0 N–H and O–H groups in total. The SMILES string of the molecule is COCCOc1cccc2c(CCc3ccccc3)nc(-n3c(OC)cc4ccccc43)nc12. The van der Waals surface area contributed by atoms with E-state index in [2.05, 4.69) is 42.5 Å². The van der Waals surface area contributed by atoms with Crippen LogP contribution in [0.5, 0.6) is 11.6 Å². The van der Waals surface area contributed by atoms with E-state index in [0.29, 0.717) is 25.0 Å². The fraction of sp³-hybridized carbons (Fsp3) is 0.214. The molecule has 3 aromatic carbocycles. The minimum absolute atomic E-state index is 0.448. The molecule has 2 aromatic heterocycles. The first kappa shape index (κ1) is 21.9. The number of hydrogen-bond donors (Lipinski definition) is 0. The first-order valence-electron chi connectivity index (χ1n) is 11.4. The second-order valence-corrected chi connectivity index (χ2v) is 8.03. The van der Waals surface area contributed by atoms with Crippen molar-refractivity contribution >= 4 is 21.8 Å². The maximum atomic E-state index is 6.04. The van der Waals surface area contributed by atoms with Gasteiger partial charge in [-0.25, -0.2) is 14.5 Å². The number of aryl methyl sites for hydroxylation is 2. The van der Waals surface area contributed by atoms with E-state index in [1.54, 1.807) is 14.2 Å². The Balaban J connectivity index is 1.67. The number of ether oxygens (including phenoxy) is 3. The number of rotatable bonds is 9. The molecular formula is C28H27N3O3. The highest BCUT2D eigenvalue weighted by Crippen LogP contribution is 2.32. The minimum atomic E-state index is 0.448. The van der Waals surface area contributed by atoms with E-state index in [1.165, 1.54) is 5.56 Å². The van der Waals surface area contributed by atoms with Crippen LogP contribution in [-0.4, -0.2) is 42.0 Å². The van der Waals surface area contributed by atoms with Gasteiger partial charge in [0.2, 0.25) is 11.8 Å². The Hall–Kier alpha value is -3.90. The van der Waals surface area contributed by atoms with Crippen molar-refractivity contribution in [3.8, 4) is 17.6 Å². The molecule has 0 aliphatic carbocycles. The third-order valence-corrected chi connectivity index (χ3v) is 5.88. The molecule has 0 aliphatic rings. The molecule has 5 rings (SSSR count). The molecule has 34 heavy (non-hydrogen) atoms. The summed E-state index contributed by atoms with van der Waals surface area (Å²) < 4.78 is 18.9. The normalized spacial score (nSPS) is 11.2. The molecule has 0 unspecified atom stereocenters. The van der Waals surface area contributed by atoms with Gasteiger partial charge in [0, 0.05) is 23.9 Å². The van der Waals surface area contributed by atoms with Gasteiger partial charge in [0.05, 0.1) is 24.9 Å². The van der Waals surface area contributed by atoms with Crippen molar-refractivity contribution in [1.82, 2.24) is 14.5 Å². The molecule has 6 nitrogen and oxygen atoms in total. The second-order valence-electron chi connectivity index (χ2n) is 8.03. The highest BCUT2D eigenvalue weighted by molar-refractivity contribution is 5.88. The minimum Gasteiger partial charge on any atom is -0.489 e. The number of nitrogens with zero attached hydrogens (tertiary/aromatic N) is 3. The van der Waals surface area contributed by atoms with Gasteiger partial charge in [-0.3, -0.25) is 0 Å². The van der Waals surface area contributed by atoms with E-state index in [4.69, 9.17) is 24.2 Å². The lowest BCUT2D eigenvalue weighted by Gasteiger charge is -2.15. The first-order valence-corrected chi connectivity index (χ1v) is 11.4. The van der Waals surface area contributed by atoms with E-state index in [9.17, 15) is 0 Å². The van der Waals surface area contributed by atoms with Crippen LogP contribution in [0.1, 0.15) is 11.3 Å². The van der Waals surface area contributed by atoms with Crippen LogP contribution in [0, 0.1) is 0 Å². The largest absolute Gasteiger partial charge is 0.489 e. The summed E-state index contributed by atoms with van der Waals surface area (Å²) >= 11 is 0. The number of hydrogen-bond acceptors (Lipinski definition) is 5. The van der Waals surface area contributed by atoms with Crippen molar-refractivity contribution in [3.05, 3.63) is 90.1 Å². The molecule has 6 heteroatoms. The van der Waals surface area contributed by atoms with Gasteiger partial charge >= 0.3 is 0 Å². The van der Waals surface area contributed by atoms with Gasteiger partial charge in [0.25, 0.3) is 0 Å². The highest BCUT2D eigenvalue weighted by Gasteiger charge is 2.18. The van der Waals surface area contributed by atoms with Crippen LogP contribution in [0.3, 0.4) is 0 Å². The fourth-order valence-corrected chi connectivity index (χ4v) is 4.21. The van der Waals surface area contributed by atoms with Crippen molar-refractivity contribution in [1.29, 1.82) is 0 Å². The van der Waals surface area contributed by atoms with Gasteiger partial charge < -0.3 is 14.2 Å². The summed E-state index contributed by atoms with van der Waals surface area (Å²) in [7, 11) is 3.33. The Kier molecular flexibility index (Phi) is 6.40. The lowest BCUT2D eigenvalue weighted by molar-refractivity contribution is 0.147. The van der Waals surface area contributed by atoms with Gasteiger partial charge in [-0.05, 0) is 30.5 Å². The number of benzene rings is 3. The average molecular weight is 454 g/mol. The zero-order valence-corrected chi connectivity index (χ0v) is 19.4. The molecule has 2 heterocycles. The van der Waals surface area contributed by atoms with Crippen LogP contribution in [0.15, 0.2) is 78.9 Å². The third kappa shape index (κ3) is 4.32. The molecule has 0 saturated heterocycles. The smallest absolute Gasteiger partial charge is 0.237 e. The highest BCUT2D eigenvalue weighted by atomic mass is 16.5. The van der Waals surface area contributed by atoms with Crippen LogP contribution in [0.2, 0.25) is 0 Å². The van der Waals surface area contributed by atoms with Gasteiger partial charge in [-0.1, -0.05) is 60.7 Å². The Morgan fingerprint density at radius 2 is 1.62 bits per heavy atom. The summed E-state index contributed by atoms with van der Waals surface area (Å²) in [5.74, 6) is 1.97. The molecule has 0 fully saturated rings. The standard InChI is InChI=1S/C28H27N3O3/c1-32-17-18-34-25-14-8-12-22-23(16-15-20-9-4-3-5-10-20)29-28(30-27(22)25)31-24-13-7-6-11-21(24)19-26(31)33-2/h3-14,19H,15-18H2,1-2H3. The van der Waals surface area contributed by atoms with Crippen LogP contribution < -0.4 is 9.47 Å². The summed E-state index contributed by atoms with van der Waals surface area (Å²) in [5, 5.41) is 2.06. The van der Waals surface area contributed by atoms with E-state index < -0.39 is 0 Å². The van der Waals surface area contributed by atoms with E-state index in [-0.39, 0.29) is 0 Å². The number of fused-ring (bicyclic) bond motifs is 2. The first-order chi connectivity index (χ1) is 16.8. The summed E-state index contributed by atoms with van der Waals surface area (Å²) in [6, 6.07) is 26.6. The topological polar surface area (TPSA) is 58.4 Å². The van der Waals surface area contributed by atoms with Crippen molar-refractivity contribution in [2.75, 3.05) is 27.4 Å². The molecule has 5 aromatic rings. The zero-order valence-electron chi connectivity index (χ0n) is 19.4. The summed E-state index contributed by atoms with van der Waals surface area (Å²) in [6.45, 7) is 0.954. The number of para-hydroxylation sites is 2. The van der Waals surface area contributed by atoms with Crippen molar-refractivity contribution < 1.29 is 14.2 Å². The summed E-state index contributed by atoms with van der Waals surface area (Å²) in [4.78, 5) is 10.0. The lowest BCUT2D eigenvalue weighted by atomic mass is 10.0. The van der Waals surface area contributed by atoms with Crippen LogP contribution in [-0.2, 0) is 17.6 Å². The Morgan fingerprint density at radius 1 is 0.794 bits per heavy atom. The van der Waals surface area contributed by atoms with Crippen LogP contribution in [0.4, 0.5) is 0 Å². The van der Waals surface area contributed by atoms with Gasteiger partial charge in [0.15, 0.2) is 0 Å². The van der Waals surface area contributed by atoms with E-state index in [1.807, 2.05) is 41.0 Å². The molecule has 0 bridgehead atoms. The van der Waals surface area contributed by atoms with Crippen molar-refractivity contribution in [2.45, 2.75) is 12.8 Å². The molecule has 0 atom stereocenters. The van der Waals surface area contributed by atoms with Gasteiger partial charge in [0.1, 0.15) is 17.9 Å². The Bertz CT molecular complexity index is 1410. The lowest BCUT2D eigenvalue weighted by Crippen LogP contribution is -2.09. The predicted molar refractivity (Wildman–Crippen MR) is 134 cm³/mol. The summed E-state index contributed by atoms with van der Waals surface area (Å²) in [5.41, 5.74) is 4.02. The molecule has 0 aliphatic heterocycles. The fourth-order valence-electron chi connectivity index (χ4n) is 4.21. The molecular weight excluding hydrogens is 426 g/mol. The molecule has 172 valence electrons. The van der Waals surface area contributed by atoms with Crippen LogP contribution in [0.25, 0.3) is 27.8 Å². The maximum Gasteiger partial charge on any atom is 0.237 e. The van der Waals surface area contributed by atoms with Gasteiger partial charge in [-0.15, -0.1) is 0 Å². The van der Waals surface area contributed by atoms with E-state index in [0.717, 1.165) is 46.1 Å². The third-order valence-electron chi connectivity index (χ3n) is 5.88. The quantitative estimate of drug-likeness (QED) is 0.280. The Labute approximate surface area is 198 Å².